The summed E-state index contributed by atoms with van der Waals surface area (Å²) in [5.74, 6) is -1.40. The summed E-state index contributed by atoms with van der Waals surface area (Å²) >= 11 is 0. The van der Waals surface area contributed by atoms with Crippen molar-refractivity contribution in [3.05, 3.63) is 42.2 Å². The van der Waals surface area contributed by atoms with Gasteiger partial charge in [-0.15, -0.1) is 0 Å². The van der Waals surface area contributed by atoms with Crippen molar-refractivity contribution in [1.29, 1.82) is 0 Å². The largest absolute Gasteiger partial charge is 0.486 e. The number of hydrogen-bond acceptors (Lipinski definition) is 2. The maximum absolute atomic E-state index is 12.9. The summed E-state index contributed by atoms with van der Waals surface area (Å²) in [5, 5.41) is 8.25. The lowest BCUT2D eigenvalue weighted by Crippen LogP contribution is -1.97. The number of hydrogen-bond donors (Lipinski definition) is 1. The van der Waals surface area contributed by atoms with Crippen molar-refractivity contribution in [2.75, 3.05) is 6.61 Å². The number of halogens is 1. The Kier molecular flexibility index (Phi) is 3.67. The zero-order valence-corrected chi connectivity index (χ0v) is 7.31. The van der Waals surface area contributed by atoms with E-state index in [0.29, 0.717) is 0 Å². The number of carboxylic acids is 1. The van der Waals surface area contributed by atoms with Crippen LogP contribution in [0.2, 0.25) is 0 Å². The minimum atomic E-state index is -1.05. The lowest BCUT2D eigenvalue weighted by Gasteiger charge is -2.02. The van der Waals surface area contributed by atoms with Gasteiger partial charge in [-0.2, -0.15) is 0 Å². The van der Waals surface area contributed by atoms with Crippen LogP contribution in [0, 0.1) is 5.82 Å². The molecular weight excluding hydrogens is 187 g/mol. The molecule has 3 nitrogen and oxygen atoms in total. The van der Waals surface area contributed by atoms with Gasteiger partial charge in [0, 0.05) is 6.08 Å². The van der Waals surface area contributed by atoms with Crippen molar-refractivity contribution in [3.63, 3.8) is 0 Å². The van der Waals surface area contributed by atoms with Gasteiger partial charge < -0.3 is 9.84 Å². The summed E-state index contributed by atoms with van der Waals surface area (Å²) in [5.41, 5.74) is 0. The van der Waals surface area contributed by atoms with E-state index in [0.717, 1.165) is 6.08 Å². The molecular formula is C10H9FO3. The van der Waals surface area contributed by atoms with Crippen LogP contribution < -0.4 is 4.74 Å². The predicted octanol–water partition coefficient (Wildman–Crippen LogP) is 1.85. The molecule has 0 aliphatic carbocycles. The molecule has 0 fully saturated rings. The fraction of sp³-hybridized carbons (Fsp3) is 0.100. The second-order valence-electron chi connectivity index (χ2n) is 2.48. The molecule has 0 amide bonds. The third kappa shape index (κ3) is 3.26. The molecule has 4 heteroatoms. The molecule has 0 spiro atoms. The maximum atomic E-state index is 12.9. The highest BCUT2D eigenvalue weighted by atomic mass is 19.1. The molecule has 1 N–H and O–H groups in total. The Morgan fingerprint density at radius 1 is 1.50 bits per heavy atom. The first-order valence-corrected chi connectivity index (χ1v) is 3.97. The van der Waals surface area contributed by atoms with E-state index in [1.807, 2.05) is 0 Å². The number of aliphatic carboxylic acids is 1. The van der Waals surface area contributed by atoms with Gasteiger partial charge in [-0.3, -0.25) is 0 Å². The van der Waals surface area contributed by atoms with Gasteiger partial charge in [-0.05, 0) is 18.2 Å². The monoisotopic (exact) mass is 196 g/mol. The molecule has 0 aromatic heterocycles. The minimum absolute atomic E-state index is 0.0350. The van der Waals surface area contributed by atoms with E-state index >= 15 is 0 Å². The average Bonchev–Trinajstić information content (AvgIpc) is 2.15. The lowest BCUT2D eigenvalue weighted by molar-refractivity contribution is -0.131. The third-order valence-electron chi connectivity index (χ3n) is 1.43. The molecule has 0 saturated carbocycles. The van der Waals surface area contributed by atoms with Crippen LogP contribution in [0.15, 0.2) is 36.4 Å². The molecule has 0 heterocycles. The highest BCUT2D eigenvalue weighted by molar-refractivity contribution is 5.79. The number of ether oxygens (including phenoxy) is 1. The number of carbonyl (C=O) groups is 1. The lowest BCUT2D eigenvalue weighted by atomic mass is 10.3. The molecule has 1 aromatic carbocycles. The summed E-state index contributed by atoms with van der Waals surface area (Å²) in [4.78, 5) is 10.1. The molecule has 0 aliphatic rings. The van der Waals surface area contributed by atoms with Gasteiger partial charge in [0.25, 0.3) is 0 Å². The first-order valence-electron chi connectivity index (χ1n) is 3.97. The smallest absolute Gasteiger partial charge is 0.328 e. The molecule has 0 radical (unpaired) electrons. The van der Waals surface area contributed by atoms with Crippen LogP contribution in [0.4, 0.5) is 4.39 Å². The summed E-state index contributed by atoms with van der Waals surface area (Å²) in [7, 11) is 0. The number of carboxylic acid groups (broad SMARTS) is 1. The number of para-hydroxylation sites is 1. The second-order valence-corrected chi connectivity index (χ2v) is 2.48. The van der Waals surface area contributed by atoms with E-state index in [2.05, 4.69) is 0 Å². The van der Waals surface area contributed by atoms with Gasteiger partial charge in [0.1, 0.15) is 6.61 Å². The average molecular weight is 196 g/mol. The van der Waals surface area contributed by atoms with Crippen molar-refractivity contribution < 1.29 is 19.0 Å². The fourth-order valence-electron chi connectivity index (χ4n) is 0.849. The van der Waals surface area contributed by atoms with Gasteiger partial charge in [0.2, 0.25) is 0 Å². The van der Waals surface area contributed by atoms with Crippen LogP contribution in [-0.4, -0.2) is 17.7 Å². The van der Waals surface area contributed by atoms with Crippen LogP contribution in [0.5, 0.6) is 5.75 Å². The van der Waals surface area contributed by atoms with Crippen LogP contribution in [0.25, 0.3) is 0 Å². The first kappa shape index (κ1) is 10.2. The van der Waals surface area contributed by atoms with E-state index in [4.69, 9.17) is 9.84 Å². The molecule has 14 heavy (non-hydrogen) atoms. The Balaban J connectivity index is 2.46. The standard InChI is InChI=1S/C10H9FO3/c11-8-4-1-2-5-9(8)14-7-3-6-10(12)13/h1-6H,7H2,(H,12,13). The molecule has 0 saturated heterocycles. The zero-order chi connectivity index (χ0) is 10.4. The SMILES string of the molecule is O=C(O)C=CCOc1ccccc1F. The fourth-order valence-corrected chi connectivity index (χ4v) is 0.849. The van der Waals surface area contributed by atoms with E-state index in [-0.39, 0.29) is 12.4 Å². The summed E-state index contributed by atoms with van der Waals surface area (Å²) in [6.45, 7) is 0.0350. The van der Waals surface area contributed by atoms with Crippen molar-refractivity contribution in [2.24, 2.45) is 0 Å². The van der Waals surface area contributed by atoms with Gasteiger partial charge in [0.15, 0.2) is 11.6 Å². The quantitative estimate of drug-likeness (QED) is 0.747. The molecule has 74 valence electrons. The van der Waals surface area contributed by atoms with Crippen molar-refractivity contribution in [1.82, 2.24) is 0 Å². The molecule has 1 aromatic rings. The molecule has 0 unspecified atom stereocenters. The van der Waals surface area contributed by atoms with Crippen LogP contribution >= 0.6 is 0 Å². The Labute approximate surface area is 80.4 Å². The Hall–Kier alpha value is -1.84. The van der Waals surface area contributed by atoms with E-state index < -0.39 is 11.8 Å². The maximum Gasteiger partial charge on any atom is 0.328 e. The topological polar surface area (TPSA) is 46.5 Å². The van der Waals surface area contributed by atoms with Crippen molar-refractivity contribution >= 4 is 5.97 Å². The summed E-state index contributed by atoms with van der Waals surface area (Å²) < 4.78 is 17.9. The highest BCUT2D eigenvalue weighted by Gasteiger charge is 1.98. The zero-order valence-electron chi connectivity index (χ0n) is 7.31. The summed E-state index contributed by atoms with van der Waals surface area (Å²) in [6, 6.07) is 5.94. The first-order chi connectivity index (χ1) is 6.70. The predicted molar refractivity (Wildman–Crippen MR) is 48.7 cm³/mol. The Morgan fingerprint density at radius 3 is 2.86 bits per heavy atom. The van der Waals surface area contributed by atoms with Gasteiger partial charge in [-0.1, -0.05) is 12.1 Å². The van der Waals surface area contributed by atoms with Crippen molar-refractivity contribution in [3.8, 4) is 5.75 Å². The Morgan fingerprint density at radius 2 is 2.21 bits per heavy atom. The van der Waals surface area contributed by atoms with Crippen LogP contribution in [0.3, 0.4) is 0 Å². The second kappa shape index (κ2) is 5.01. The molecule has 0 bridgehead atoms. The normalized spacial score (nSPS) is 10.4. The molecule has 1 rings (SSSR count). The van der Waals surface area contributed by atoms with Crippen LogP contribution in [-0.2, 0) is 4.79 Å². The van der Waals surface area contributed by atoms with E-state index in [1.54, 1.807) is 12.1 Å². The third-order valence-corrected chi connectivity index (χ3v) is 1.43. The van der Waals surface area contributed by atoms with Gasteiger partial charge in [-0.25, -0.2) is 9.18 Å². The van der Waals surface area contributed by atoms with Gasteiger partial charge >= 0.3 is 5.97 Å². The summed E-state index contributed by atoms with van der Waals surface area (Å²) in [6.07, 6.45) is 2.25. The van der Waals surface area contributed by atoms with Gasteiger partial charge in [0.05, 0.1) is 0 Å². The minimum Gasteiger partial charge on any atom is -0.486 e. The van der Waals surface area contributed by atoms with Crippen LogP contribution in [0.1, 0.15) is 0 Å². The molecule has 0 aliphatic heterocycles. The van der Waals surface area contributed by atoms with E-state index in [1.165, 1.54) is 18.2 Å². The van der Waals surface area contributed by atoms with E-state index in [9.17, 15) is 9.18 Å². The van der Waals surface area contributed by atoms with Crippen molar-refractivity contribution in [2.45, 2.75) is 0 Å². The number of benzene rings is 1. The Bertz CT molecular complexity index is 347. The molecule has 0 atom stereocenters. The highest BCUT2D eigenvalue weighted by Crippen LogP contribution is 2.14. The number of rotatable bonds is 4.